The SMILES string of the molecule is CN(I)/C=C(/c1ccc2nccc(N)c2c1)C(N)C(F)(F)F. The standard InChI is InChI=1S/C14H14F3IN4/c1-22(18)7-10(13(20)14(15,16)17)8-2-3-12-9(6-8)11(19)4-5-21-12/h2-7,13H,20H2,1H3,(H2,19,21)/b10-7-. The highest BCUT2D eigenvalue weighted by molar-refractivity contribution is 14.1. The number of nitrogens with two attached hydrogens (primary N) is 2. The Labute approximate surface area is 139 Å². The van der Waals surface area contributed by atoms with Crippen molar-refractivity contribution < 1.29 is 13.2 Å². The van der Waals surface area contributed by atoms with Gasteiger partial charge in [0, 0.05) is 36.1 Å². The molecule has 1 atom stereocenters. The molecule has 0 spiro atoms. The summed E-state index contributed by atoms with van der Waals surface area (Å²) in [7, 11) is 1.63. The zero-order valence-electron chi connectivity index (χ0n) is 11.6. The fraction of sp³-hybridized carbons (Fsp3) is 0.214. The Morgan fingerprint density at radius 2 is 2.05 bits per heavy atom. The molecule has 1 aromatic heterocycles. The highest BCUT2D eigenvalue weighted by atomic mass is 127. The van der Waals surface area contributed by atoms with Crippen molar-refractivity contribution in [2.45, 2.75) is 12.2 Å². The maximum absolute atomic E-state index is 13.0. The number of nitrogen functional groups attached to an aromatic ring is 1. The van der Waals surface area contributed by atoms with Gasteiger partial charge in [0.1, 0.15) is 6.04 Å². The monoisotopic (exact) mass is 422 g/mol. The summed E-state index contributed by atoms with van der Waals surface area (Å²) < 4.78 is 40.5. The van der Waals surface area contributed by atoms with Gasteiger partial charge < -0.3 is 14.6 Å². The molecule has 1 aromatic carbocycles. The van der Waals surface area contributed by atoms with Gasteiger partial charge in [0.15, 0.2) is 0 Å². The van der Waals surface area contributed by atoms with Gasteiger partial charge in [0.2, 0.25) is 0 Å². The van der Waals surface area contributed by atoms with Crippen LogP contribution in [0.15, 0.2) is 36.7 Å². The van der Waals surface area contributed by atoms with E-state index in [-0.39, 0.29) is 5.57 Å². The summed E-state index contributed by atoms with van der Waals surface area (Å²) in [5.41, 5.74) is 12.7. The fourth-order valence-electron chi connectivity index (χ4n) is 2.05. The Balaban J connectivity index is 2.60. The van der Waals surface area contributed by atoms with Crippen molar-refractivity contribution >= 4 is 45.0 Å². The predicted molar refractivity (Wildman–Crippen MR) is 89.9 cm³/mol. The summed E-state index contributed by atoms with van der Waals surface area (Å²) in [6, 6.07) is 4.29. The average molecular weight is 422 g/mol. The lowest BCUT2D eigenvalue weighted by atomic mass is 9.97. The second kappa shape index (κ2) is 6.29. The molecule has 0 radical (unpaired) electrons. The summed E-state index contributed by atoms with van der Waals surface area (Å²) in [6.45, 7) is 0. The van der Waals surface area contributed by atoms with Crippen LogP contribution in [0, 0.1) is 0 Å². The number of rotatable bonds is 3. The first-order chi connectivity index (χ1) is 10.2. The zero-order chi connectivity index (χ0) is 16.5. The smallest absolute Gasteiger partial charge is 0.398 e. The predicted octanol–water partition coefficient (Wildman–Crippen LogP) is 3.33. The van der Waals surface area contributed by atoms with Crippen LogP contribution in [0.4, 0.5) is 18.9 Å². The maximum atomic E-state index is 13.0. The van der Waals surface area contributed by atoms with Crippen LogP contribution in [0.2, 0.25) is 0 Å². The van der Waals surface area contributed by atoms with E-state index in [4.69, 9.17) is 11.5 Å². The van der Waals surface area contributed by atoms with Gasteiger partial charge in [0.05, 0.1) is 28.4 Å². The third kappa shape index (κ3) is 3.61. The number of pyridine rings is 1. The van der Waals surface area contributed by atoms with E-state index in [1.165, 1.54) is 9.31 Å². The molecular weight excluding hydrogens is 408 g/mol. The van der Waals surface area contributed by atoms with Crippen LogP contribution in [0.5, 0.6) is 0 Å². The van der Waals surface area contributed by atoms with Crippen molar-refractivity contribution in [1.29, 1.82) is 0 Å². The minimum absolute atomic E-state index is 0.0328. The zero-order valence-corrected chi connectivity index (χ0v) is 13.8. The fourth-order valence-corrected chi connectivity index (χ4v) is 2.35. The lowest BCUT2D eigenvalue weighted by Crippen LogP contribution is -2.38. The molecule has 0 aliphatic heterocycles. The number of nitrogens with zero attached hydrogens (tertiary/aromatic N) is 2. The third-order valence-corrected chi connectivity index (χ3v) is 3.39. The van der Waals surface area contributed by atoms with Crippen LogP contribution in [0.3, 0.4) is 0 Å². The molecule has 8 heteroatoms. The van der Waals surface area contributed by atoms with Crippen LogP contribution in [-0.2, 0) is 0 Å². The quantitative estimate of drug-likeness (QED) is 0.589. The van der Waals surface area contributed by atoms with Crippen molar-refractivity contribution in [2.24, 2.45) is 5.73 Å². The first-order valence-electron chi connectivity index (χ1n) is 6.27. The average Bonchev–Trinajstić information content (AvgIpc) is 2.43. The summed E-state index contributed by atoms with van der Waals surface area (Å²) in [5, 5.41) is 0.594. The third-order valence-electron chi connectivity index (χ3n) is 3.11. The van der Waals surface area contributed by atoms with Gasteiger partial charge in [-0.2, -0.15) is 13.2 Å². The lowest BCUT2D eigenvalue weighted by molar-refractivity contribution is -0.134. The van der Waals surface area contributed by atoms with E-state index < -0.39 is 12.2 Å². The van der Waals surface area contributed by atoms with Gasteiger partial charge in [-0.3, -0.25) is 4.98 Å². The van der Waals surface area contributed by atoms with E-state index in [0.29, 0.717) is 22.2 Å². The van der Waals surface area contributed by atoms with E-state index in [2.05, 4.69) is 4.98 Å². The number of hydrogen-bond acceptors (Lipinski definition) is 4. The Bertz CT molecular complexity index is 713. The molecule has 2 aromatic rings. The maximum Gasteiger partial charge on any atom is 0.407 e. The molecule has 0 saturated carbocycles. The molecule has 4 nitrogen and oxygen atoms in total. The molecule has 0 fully saturated rings. The number of alkyl halides is 3. The van der Waals surface area contributed by atoms with E-state index in [1.807, 2.05) is 22.9 Å². The molecule has 1 unspecified atom stereocenters. The molecule has 0 aliphatic rings. The second-order valence-corrected chi connectivity index (χ2v) is 6.28. The Morgan fingerprint density at radius 3 is 2.64 bits per heavy atom. The van der Waals surface area contributed by atoms with Gasteiger partial charge in [-0.1, -0.05) is 6.07 Å². The highest BCUT2D eigenvalue weighted by Crippen LogP contribution is 2.32. The van der Waals surface area contributed by atoms with Crippen LogP contribution in [0.25, 0.3) is 16.5 Å². The van der Waals surface area contributed by atoms with E-state index in [1.54, 1.807) is 37.5 Å². The second-order valence-electron chi connectivity index (χ2n) is 4.76. The first kappa shape index (κ1) is 16.8. The number of hydrogen-bond donors (Lipinski definition) is 2. The number of anilines is 1. The number of benzene rings is 1. The number of halogens is 4. The number of fused-ring (bicyclic) bond motifs is 1. The molecule has 0 bridgehead atoms. The van der Waals surface area contributed by atoms with E-state index >= 15 is 0 Å². The van der Waals surface area contributed by atoms with Gasteiger partial charge in [-0.05, 0) is 23.8 Å². The summed E-state index contributed by atoms with van der Waals surface area (Å²) in [6.07, 6.45) is -1.63. The molecule has 2 rings (SSSR count). The van der Waals surface area contributed by atoms with Gasteiger partial charge in [-0.15, -0.1) is 0 Å². The minimum atomic E-state index is -4.53. The van der Waals surface area contributed by atoms with Crippen LogP contribution in [-0.4, -0.2) is 27.4 Å². The molecule has 118 valence electrons. The lowest BCUT2D eigenvalue weighted by Gasteiger charge is -2.21. The van der Waals surface area contributed by atoms with Crippen LogP contribution < -0.4 is 11.5 Å². The van der Waals surface area contributed by atoms with Crippen molar-refractivity contribution in [3.8, 4) is 0 Å². The van der Waals surface area contributed by atoms with Crippen LogP contribution >= 0.6 is 22.9 Å². The first-order valence-corrected chi connectivity index (χ1v) is 7.24. The van der Waals surface area contributed by atoms with Crippen molar-refractivity contribution in [2.75, 3.05) is 12.8 Å². The van der Waals surface area contributed by atoms with E-state index in [0.717, 1.165) is 0 Å². The summed E-state index contributed by atoms with van der Waals surface area (Å²) in [4.78, 5) is 4.13. The molecule has 1 heterocycles. The Kier molecular flexibility index (Phi) is 4.81. The van der Waals surface area contributed by atoms with Crippen molar-refractivity contribution in [3.63, 3.8) is 0 Å². The van der Waals surface area contributed by atoms with Crippen molar-refractivity contribution in [1.82, 2.24) is 8.10 Å². The molecule has 0 aliphatic carbocycles. The largest absolute Gasteiger partial charge is 0.407 e. The van der Waals surface area contributed by atoms with Crippen LogP contribution in [0.1, 0.15) is 5.56 Å². The molecule has 0 saturated heterocycles. The van der Waals surface area contributed by atoms with Gasteiger partial charge >= 0.3 is 6.18 Å². The van der Waals surface area contributed by atoms with Crippen molar-refractivity contribution in [3.05, 3.63) is 42.2 Å². The van der Waals surface area contributed by atoms with Gasteiger partial charge in [-0.25, -0.2) is 0 Å². The Hall–Kier alpha value is -1.55. The molecule has 4 N–H and O–H groups in total. The van der Waals surface area contributed by atoms with Gasteiger partial charge in [0.25, 0.3) is 0 Å². The minimum Gasteiger partial charge on any atom is -0.398 e. The normalized spacial score (nSPS) is 14.2. The summed E-state index contributed by atoms with van der Waals surface area (Å²) in [5.74, 6) is 0. The summed E-state index contributed by atoms with van der Waals surface area (Å²) >= 11 is 1.87. The molecular formula is C14H14F3IN4. The molecule has 22 heavy (non-hydrogen) atoms. The number of aromatic nitrogens is 1. The van der Waals surface area contributed by atoms with E-state index in [9.17, 15) is 13.2 Å². The topological polar surface area (TPSA) is 68.2 Å². The molecule has 0 amide bonds. The Morgan fingerprint density at radius 1 is 1.36 bits per heavy atom. The highest BCUT2D eigenvalue weighted by Gasteiger charge is 2.39.